The van der Waals surface area contributed by atoms with Gasteiger partial charge in [0.25, 0.3) is 0 Å². The van der Waals surface area contributed by atoms with E-state index in [1.54, 1.807) is 6.07 Å². The van der Waals surface area contributed by atoms with Gasteiger partial charge in [-0.25, -0.2) is 4.39 Å². The van der Waals surface area contributed by atoms with E-state index < -0.39 is 0 Å². The number of benzene rings is 1. The third-order valence-electron chi connectivity index (χ3n) is 1.74. The largest absolute Gasteiger partial charge is 0.384 e. The van der Waals surface area contributed by atoms with Crippen LogP contribution in [0.4, 0.5) is 10.1 Å². The third-order valence-corrected chi connectivity index (χ3v) is 2.39. The van der Waals surface area contributed by atoms with Gasteiger partial charge in [-0.05, 0) is 39.5 Å². The zero-order valence-electron chi connectivity index (χ0n) is 8.70. The number of anilines is 1. The number of halogens is 2. The van der Waals surface area contributed by atoms with Crippen molar-refractivity contribution in [2.45, 2.75) is 20.8 Å². The minimum atomic E-state index is -0.232. The van der Waals surface area contributed by atoms with Gasteiger partial charge in [0, 0.05) is 12.2 Å². The normalized spacial score (nSPS) is 11.5. The van der Waals surface area contributed by atoms with Crippen LogP contribution in [0.5, 0.6) is 0 Å². The molecule has 0 bridgehead atoms. The highest BCUT2D eigenvalue weighted by Gasteiger charge is 2.09. The minimum absolute atomic E-state index is 0.198. The van der Waals surface area contributed by atoms with Gasteiger partial charge in [-0.15, -0.1) is 0 Å². The lowest BCUT2D eigenvalue weighted by Crippen LogP contribution is -2.18. The summed E-state index contributed by atoms with van der Waals surface area (Å²) in [5.41, 5.74) is 1.02. The molecule has 0 fully saturated rings. The van der Waals surface area contributed by atoms with Gasteiger partial charge in [0.15, 0.2) is 0 Å². The van der Waals surface area contributed by atoms with Crippen LogP contribution in [0.3, 0.4) is 0 Å². The molecule has 0 aliphatic carbocycles. The highest BCUT2D eigenvalue weighted by molar-refractivity contribution is 9.10. The van der Waals surface area contributed by atoms with Crippen LogP contribution in [0.1, 0.15) is 20.8 Å². The van der Waals surface area contributed by atoms with Crippen molar-refractivity contribution in [2.75, 3.05) is 11.9 Å². The first-order valence-corrected chi connectivity index (χ1v) is 5.37. The third kappa shape index (κ3) is 3.66. The molecule has 1 aromatic rings. The molecule has 14 heavy (non-hydrogen) atoms. The van der Waals surface area contributed by atoms with Gasteiger partial charge < -0.3 is 5.32 Å². The van der Waals surface area contributed by atoms with Gasteiger partial charge in [0.05, 0.1) is 4.47 Å². The lowest BCUT2D eigenvalue weighted by Gasteiger charge is -2.19. The fourth-order valence-electron chi connectivity index (χ4n) is 0.973. The van der Waals surface area contributed by atoms with Crippen LogP contribution in [0.25, 0.3) is 0 Å². The first-order valence-electron chi connectivity index (χ1n) is 4.57. The van der Waals surface area contributed by atoms with E-state index in [1.165, 1.54) is 6.07 Å². The Kier molecular flexibility index (Phi) is 3.53. The van der Waals surface area contributed by atoms with Crippen molar-refractivity contribution >= 4 is 21.6 Å². The van der Waals surface area contributed by atoms with Gasteiger partial charge in [0.1, 0.15) is 5.82 Å². The van der Waals surface area contributed by atoms with Crippen molar-refractivity contribution in [1.82, 2.24) is 0 Å². The summed E-state index contributed by atoms with van der Waals surface area (Å²) in [5.74, 6) is -0.232. The molecule has 3 heteroatoms. The van der Waals surface area contributed by atoms with Crippen molar-refractivity contribution < 1.29 is 4.39 Å². The summed E-state index contributed by atoms with van der Waals surface area (Å²) in [6, 6.07) is 5.06. The van der Waals surface area contributed by atoms with E-state index in [-0.39, 0.29) is 11.2 Å². The molecule has 78 valence electrons. The second-order valence-electron chi connectivity index (χ2n) is 4.54. The van der Waals surface area contributed by atoms with Gasteiger partial charge >= 0.3 is 0 Å². The standard InChI is InChI=1S/C11H15BrFN/c1-11(2,3)7-14-8-4-5-9(12)10(13)6-8/h4-6,14H,7H2,1-3H3. The Hall–Kier alpha value is -0.570. The summed E-state index contributed by atoms with van der Waals surface area (Å²) in [4.78, 5) is 0. The first kappa shape index (κ1) is 11.5. The Labute approximate surface area is 92.8 Å². The van der Waals surface area contributed by atoms with Crippen molar-refractivity contribution in [3.63, 3.8) is 0 Å². The molecule has 0 saturated carbocycles. The first-order chi connectivity index (χ1) is 6.38. The quantitative estimate of drug-likeness (QED) is 0.845. The van der Waals surface area contributed by atoms with Crippen LogP contribution in [-0.4, -0.2) is 6.54 Å². The molecular formula is C11H15BrFN. The number of hydrogen-bond acceptors (Lipinski definition) is 1. The average Bonchev–Trinajstić information content (AvgIpc) is 2.06. The van der Waals surface area contributed by atoms with Crippen molar-refractivity contribution in [3.05, 3.63) is 28.5 Å². The Morgan fingerprint density at radius 1 is 1.36 bits per heavy atom. The lowest BCUT2D eigenvalue weighted by atomic mass is 9.97. The van der Waals surface area contributed by atoms with Crippen LogP contribution < -0.4 is 5.32 Å². The number of rotatable bonds is 2. The van der Waals surface area contributed by atoms with Crippen LogP contribution in [0, 0.1) is 11.2 Å². The minimum Gasteiger partial charge on any atom is -0.384 e. The predicted molar refractivity (Wildman–Crippen MR) is 62.0 cm³/mol. The van der Waals surface area contributed by atoms with Crippen molar-refractivity contribution in [3.8, 4) is 0 Å². The second-order valence-corrected chi connectivity index (χ2v) is 5.40. The van der Waals surface area contributed by atoms with Crippen LogP contribution in [0.2, 0.25) is 0 Å². The Morgan fingerprint density at radius 3 is 2.50 bits per heavy atom. The van der Waals surface area contributed by atoms with E-state index in [9.17, 15) is 4.39 Å². The molecule has 0 aromatic heterocycles. The van der Waals surface area contributed by atoms with E-state index >= 15 is 0 Å². The van der Waals surface area contributed by atoms with Gasteiger partial charge in [-0.1, -0.05) is 20.8 Å². The summed E-state index contributed by atoms with van der Waals surface area (Å²) in [7, 11) is 0. The molecule has 1 aromatic carbocycles. The molecule has 1 rings (SSSR count). The van der Waals surface area contributed by atoms with E-state index in [0.29, 0.717) is 4.47 Å². The Balaban J connectivity index is 2.65. The molecule has 0 spiro atoms. The maximum atomic E-state index is 13.1. The van der Waals surface area contributed by atoms with E-state index in [0.717, 1.165) is 12.2 Å². The zero-order valence-corrected chi connectivity index (χ0v) is 10.3. The SMILES string of the molecule is CC(C)(C)CNc1ccc(Br)c(F)c1. The average molecular weight is 260 g/mol. The molecule has 0 saturated heterocycles. The van der Waals surface area contributed by atoms with Gasteiger partial charge in [0.2, 0.25) is 0 Å². The lowest BCUT2D eigenvalue weighted by molar-refractivity contribution is 0.443. The molecule has 0 aliphatic rings. The summed E-state index contributed by atoms with van der Waals surface area (Å²) in [6.07, 6.45) is 0. The topological polar surface area (TPSA) is 12.0 Å². The van der Waals surface area contributed by atoms with Crippen LogP contribution >= 0.6 is 15.9 Å². The summed E-state index contributed by atoms with van der Waals surface area (Å²) < 4.78 is 13.6. The highest BCUT2D eigenvalue weighted by Crippen LogP contribution is 2.21. The van der Waals surface area contributed by atoms with Crippen LogP contribution in [0.15, 0.2) is 22.7 Å². The summed E-state index contributed by atoms with van der Waals surface area (Å²) in [5, 5.41) is 3.19. The smallest absolute Gasteiger partial charge is 0.139 e. The number of nitrogens with one attached hydrogen (secondary N) is 1. The van der Waals surface area contributed by atoms with Gasteiger partial charge in [-0.3, -0.25) is 0 Å². The Bertz CT molecular complexity index is 318. The molecule has 0 heterocycles. The molecule has 0 aliphatic heterocycles. The van der Waals surface area contributed by atoms with Crippen molar-refractivity contribution in [1.29, 1.82) is 0 Å². The molecule has 0 unspecified atom stereocenters. The highest BCUT2D eigenvalue weighted by atomic mass is 79.9. The second kappa shape index (κ2) is 4.30. The zero-order chi connectivity index (χ0) is 10.8. The summed E-state index contributed by atoms with van der Waals surface area (Å²) >= 11 is 3.12. The molecule has 0 amide bonds. The molecule has 1 nitrogen and oxygen atoms in total. The fraction of sp³-hybridized carbons (Fsp3) is 0.455. The number of hydrogen-bond donors (Lipinski definition) is 1. The summed E-state index contributed by atoms with van der Waals surface area (Å²) in [6.45, 7) is 7.23. The van der Waals surface area contributed by atoms with Gasteiger partial charge in [-0.2, -0.15) is 0 Å². The maximum Gasteiger partial charge on any atom is 0.139 e. The van der Waals surface area contributed by atoms with Crippen LogP contribution in [-0.2, 0) is 0 Å². The Morgan fingerprint density at radius 2 is 2.00 bits per heavy atom. The molecule has 0 atom stereocenters. The van der Waals surface area contributed by atoms with Crippen molar-refractivity contribution in [2.24, 2.45) is 5.41 Å². The fourth-order valence-corrected chi connectivity index (χ4v) is 1.22. The molecule has 0 radical (unpaired) electrons. The molecule has 1 N–H and O–H groups in total. The predicted octanol–water partition coefficient (Wildman–Crippen LogP) is 4.05. The monoisotopic (exact) mass is 259 g/mol. The molecular weight excluding hydrogens is 245 g/mol. The maximum absolute atomic E-state index is 13.1. The van der Waals surface area contributed by atoms with E-state index in [4.69, 9.17) is 0 Å². The van der Waals surface area contributed by atoms with E-state index in [1.807, 2.05) is 6.07 Å². The van der Waals surface area contributed by atoms with E-state index in [2.05, 4.69) is 42.0 Å².